The number of Topliss-reactive ketones (excluding diaryl/α,β-unsaturated/α-hetero) is 1. The van der Waals surface area contributed by atoms with Gasteiger partial charge < -0.3 is 0 Å². The lowest BCUT2D eigenvalue weighted by atomic mass is 9.59. The van der Waals surface area contributed by atoms with Crippen molar-refractivity contribution >= 4 is 44.8 Å². The minimum Gasteiger partial charge on any atom is -0.297 e. The third-order valence-electron chi connectivity index (χ3n) is 10.9. The summed E-state index contributed by atoms with van der Waals surface area (Å²) in [6.07, 6.45) is 0. The molecular formula is C42H31NO3. The number of anilines is 1. The van der Waals surface area contributed by atoms with Crippen molar-refractivity contribution < 1.29 is 14.4 Å². The number of amides is 2. The Labute approximate surface area is 267 Å². The van der Waals surface area contributed by atoms with Crippen LogP contribution in [0, 0.1) is 11.8 Å². The van der Waals surface area contributed by atoms with Crippen LogP contribution in [0.2, 0.25) is 0 Å². The summed E-state index contributed by atoms with van der Waals surface area (Å²) in [4.78, 5) is 47.8. The smallest absolute Gasteiger partial charge is 0.239 e. The van der Waals surface area contributed by atoms with Crippen molar-refractivity contribution in [3.05, 3.63) is 161 Å². The molecule has 0 N–H and O–H groups in total. The number of hydrogen-bond acceptors (Lipinski definition) is 3. The minimum atomic E-state index is -1.37. The third-order valence-corrected chi connectivity index (χ3v) is 10.9. The lowest BCUT2D eigenvalue weighted by Crippen LogP contribution is -2.45. The molecule has 1 saturated heterocycles. The highest BCUT2D eigenvalue weighted by molar-refractivity contribution is 6.34. The molecule has 4 atom stereocenters. The van der Waals surface area contributed by atoms with Gasteiger partial charge in [-0.25, -0.2) is 4.90 Å². The Balaban J connectivity index is 1.50. The Morgan fingerprint density at radius 2 is 0.891 bits per heavy atom. The van der Waals surface area contributed by atoms with E-state index < -0.39 is 22.7 Å². The van der Waals surface area contributed by atoms with E-state index in [0.29, 0.717) is 5.69 Å². The highest BCUT2D eigenvalue weighted by Gasteiger charge is 2.82. The summed E-state index contributed by atoms with van der Waals surface area (Å²) in [7, 11) is 0. The maximum atomic E-state index is 16.0. The van der Waals surface area contributed by atoms with Gasteiger partial charge in [-0.2, -0.15) is 0 Å². The zero-order valence-electron chi connectivity index (χ0n) is 25.6. The van der Waals surface area contributed by atoms with Gasteiger partial charge in [0.25, 0.3) is 0 Å². The number of benzene rings is 6. The van der Waals surface area contributed by atoms with Crippen LogP contribution in [0.5, 0.6) is 0 Å². The summed E-state index contributed by atoms with van der Waals surface area (Å²) in [6, 6.07) is 43.6. The Bertz CT molecular complexity index is 2140. The second-order valence-electron chi connectivity index (χ2n) is 13.2. The highest BCUT2D eigenvalue weighted by atomic mass is 16.2. The molecule has 2 bridgehead atoms. The third kappa shape index (κ3) is 2.98. The van der Waals surface area contributed by atoms with E-state index >= 15 is 14.4 Å². The number of fused-ring (bicyclic) bond motifs is 13. The quantitative estimate of drug-likeness (QED) is 0.152. The first-order valence-electron chi connectivity index (χ1n) is 16.0. The van der Waals surface area contributed by atoms with Crippen molar-refractivity contribution in [1.29, 1.82) is 0 Å². The van der Waals surface area contributed by atoms with Crippen LogP contribution in [0.3, 0.4) is 0 Å². The van der Waals surface area contributed by atoms with Gasteiger partial charge in [0.2, 0.25) is 11.8 Å². The molecule has 46 heavy (non-hydrogen) atoms. The van der Waals surface area contributed by atoms with E-state index in [4.69, 9.17) is 0 Å². The van der Waals surface area contributed by atoms with Crippen LogP contribution in [0.1, 0.15) is 47.6 Å². The molecule has 3 aliphatic rings. The molecule has 0 unspecified atom stereocenters. The average Bonchev–Trinajstić information content (AvgIpc) is 3.61. The molecule has 1 aliphatic heterocycles. The fourth-order valence-electron chi connectivity index (χ4n) is 9.36. The molecule has 1 saturated carbocycles. The summed E-state index contributed by atoms with van der Waals surface area (Å²) in [5.74, 6) is -2.42. The normalized spacial score (nSPS) is 24.8. The van der Waals surface area contributed by atoms with Crippen LogP contribution in [0.15, 0.2) is 133 Å². The largest absolute Gasteiger partial charge is 0.297 e. The first-order valence-corrected chi connectivity index (χ1v) is 16.0. The van der Waals surface area contributed by atoms with E-state index in [9.17, 15) is 0 Å². The van der Waals surface area contributed by atoms with Crippen molar-refractivity contribution in [1.82, 2.24) is 0 Å². The average molecular weight is 598 g/mol. The number of para-hydroxylation sites is 1. The van der Waals surface area contributed by atoms with E-state index in [1.54, 1.807) is 0 Å². The van der Waals surface area contributed by atoms with Crippen LogP contribution in [0.25, 0.3) is 21.5 Å². The molecule has 1 heterocycles. The first kappa shape index (κ1) is 27.0. The standard InChI is InChI=1S/C42H31NO3/c1-25(2)28-19-13-14-24-33(28)43-38(44)36-37(39(43)45)42(27-17-7-4-8-18-27)35-32-23-12-10-21-30(32)29-20-9-11-22-31(29)34(35)41(36,40(42)46)26-15-5-3-6-16-26/h3-25,36-37H,1-2H3/t36-,37+,41+,42-. The summed E-state index contributed by atoms with van der Waals surface area (Å²) < 4.78 is 0. The second kappa shape index (κ2) is 9.34. The predicted molar refractivity (Wildman–Crippen MR) is 181 cm³/mol. The van der Waals surface area contributed by atoms with E-state index in [1.165, 1.54) is 4.90 Å². The lowest BCUT2D eigenvalue weighted by Gasteiger charge is -2.38. The molecule has 2 aliphatic carbocycles. The van der Waals surface area contributed by atoms with Crippen LogP contribution < -0.4 is 4.90 Å². The summed E-state index contributed by atoms with van der Waals surface area (Å²) in [6.45, 7) is 4.14. The fraction of sp³-hybridized carbons (Fsp3) is 0.167. The van der Waals surface area contributed by atoms with Crippen molar-refractivity contribution in [2.45, 2.75) is 30.6 Å². The monoisotopic (exact) mass is 597 g/mol. The first-order chi connectivity index (χ1) is 22.4. The van der Waals surface area contributed by atoms with Crippen LogP contribution in [0.4, 0.5) is 5.69 Å². The van der Waals surface area contributed by atoms with Crippen molar-refractivity contribution in [2.75, 3.05) is 4.90 Å². The van der Waals surface area contributed by atoms with Gasteiger partial charge in [-0.3, -0.25) is 14.4 Å². The minimum absolute atomic E-state index is 0.0811. The molecule has 2 fully saturated rings. The molecular weight excluding hydrogens is 566 g/mol. The van der Waals surface area contributed by atoms with Crippen molar-refractivity contribution in [3.8, 4) is 0 Å². The predicted octanol–water partition coefficient (Wildman–Crippen LogP) is 8.09. The molecule has 4 nitrogen and oxygen atoms in total. The van der Waals surface area contributed by atoms with Gasteiger partial charge in [0.05, 0.1) is 28.4 Å². The number of hydrogen-bond donors (Lipinski definition) is 0. The highest BCUT2D eigenvalue weighted by Crippen LogP contribution is 2.72. The molecule has 9 rings (SSSR count). The lowest BCUT2D eigenvalue weighted by molar-refractivity contribution is -0.130. The summed E-state index contributed by atoms with van der Waals surface area (Å²) in [5, 5.41) is 3.97. The number of rotatable bonds is 4. The van der Waals surface area contributed by atoms with Gasteiger partial charge in [-0.15, -0.1) is 0 Å². The number of imide groups is 1. The Morgan fingerprint density at radius 1 is 0.500 bits per heavy atom. The maximum Gasteiger partial charge on any atom is 0.239 e. The van der Waals surface area contributed by atoms with Crippen molar-refractivity contribution in [2.24, 2.45) is 11.8 Å². The molecule has 4 heteroatoms. The zero-order chi connectivity index (χ0) is 31.4. The van der Waals surface area contributed by atoms with E-state index in [1.807, 2.05) is 109 Å². The Kier molecular flexibility index (Phi) is 5.48. The Hall–Kier alpha value is -5.35. The molecule has 2 amide bonds. The van der Waals surface area contributed by atoms with Gasteiger partial charge in [0.15, 0.2) is 5.78 Å². The number of ketones is 1. The van der Waals surface area contributed by atoms with E-state index in [0.717, 1.165) is 49.4 Å². The van der Waals surface area contributed by atoms with E-state index in [2.05, 4.69) is 38.1 Å². The summed E-state index contributed by atoms with van der Waals surface area (Å²) >= 11 is 0. The zero-order valence-corrected chi connectivity index (χ0v) is 25.6. The molecule has 0 radical (unpaired) electrons. The molecule has 0 spiro atoms. The van der Waals surface area contributed by atoms with E-state index in [-0.39, 0.29) is 23.5 Å². The van der Waals surface area contributed by atoms with Gasteiger partial charge in [0.1, 0.15) is 0 Å². The molecule has 6 aromatic carbocycles. The molecule has 0 aromatic heterocycles. The number of carbonyl (C=O) groups is 3. The topological polar surface area (TPSA) is 54.5 Å². The van der Waals surface area contributed by atoms with Crippen LogP contribution in [-0.4, -0.2) is 17.6 Å². The number of nitrogens with zero attached hydrogens (tertiary/aromatic N) is 1. The number of carbonyl (C=O) groups excluding carboxylic acids is 3. The Morgan fingerprint density at radius 3 is 1.35 bits per heavy atom. The molecule has 6 aromatic rings. The second-order valence-corrected chi connectivity index (χ2v) is 13.2. The van der Waals surface area contributed by atoms with Crippen molar-refractivity contribution in [3.63, 3.8) is 0 Å². The molecule has 222 valence electrons. The van der Waals surface area contributed by atoms with Crippen LogP contribution in [-0.2, 0) is 25.2 Å². The van der Waals surface area contributed by atoms with Gasteiger partial charge in [0, 0.05) is 0 Å². The summed E-state index contributed by atoms with van der Waals surface area (Å²) in [5.41, 5.74) is 2.05. The van der Waals surface area contributed by atoms with Gasteiger partial charge in [-0.05, 0) is 61.3 Å². The van der Waals surface area contributed by atoms with Crippen LogP contribution >= 0.6 is 0 Å². The SMILES string of the molecule is CC(C)c1ccccc1N1C(=O)[C@@H]2[C@H](C1=O)[C@@]1(c3ccccc3)C(=O)[C@]2(c2ccccc2)c2c1c1ccccc1c1ccccc21. The maximum absolute atomic E-state index is 16.0. The van der Waals surface area contributed by atoms with Gasteiger partial charge >= 0.3 is 0 Å². The fourth-order valence-corrected chi connectivity index (χ4v) is 9.36. The van der Waals surface area contributed by atoms with Gasteiger partial charge in [-0.1, -0.05) is 141 Å².